The second kappa shape index (κ2) is 4.69. The lowest BCUT2D eigenvalue weighted by Gasteiger charge is -2.16. The van der Waals surface area contributed by atoms with Crippen LogP contribution in [0.1, 0.15) is 24.8 Å². The average molecular weight is 310 g/mol. The van der Waals surface area contributed by atoms with Crippen LogP contribution in [0.2, 0.25) is 0 Å². The van der Waals surface area contributed by atoms with Gasteiger partial charge < -0.3 is 0 Å². The summed E-state index contributed by atoms with van der Waals surface area (Å²) in [6.07, 6.45) is 3.91. The minimum atomic E-state index is 0.579. The van der Waals surface area contributed by atoms with Crippen LogP contribution in [-0.2, 0) is 6.42 Å². The Labute approximate surface area is 114 Å². The first-order valence-electron chi connectivity index (χ1n) is 6.22. The molecule has 1 saturated carbocycles. The zero-order valence-corrected chi connectivity index (χ0v) is 12.3. The number of benzene rings is 1. The molecule has 0 aliphatic heterocycles. The van der Waals surface area contributed by atoms with E-state index in [1.54, 1.807) is 0 Å². The molecule has 3 rings (SSSR count). The van der Waals surface area contributed by atoms with Gasteiger partial charge in [-0.05, 0) is 36.8 Å². The van der Waals surface area contributed by atoms with Gasteiger partial charge in [0.2, 0.25) is 0 Å². The first-order chi connectivity index (χ1) is 8.24. The van der Waals surface area contributed by atoms with Crippen molar-refractivity contribution in [2.24, 2.45) is 11.8 Å². The SMILES string of the molecule is CC(C(Br)Cc1nc2ccccc2s1)C1CC1. The summed E-state index contributed by atoms with van der Waals surface area (Å²) in [5.41, 5.74) is 1.14. The highest BCUT2D eigenvalue weighted by atomic mass is 79.9. The molecule has 1 aliphatic carbocycles. The van der Waals surface area contributed by atoms with Gasteiger partial charge in [0.25, 0.3) is 0 Å². The Bertz CT molecular complexity index is 485. The quantitative estimate of drug-likeness (QED) is 0.749. The van der Waals surface area contributed by atoms with E-state index in [4.69, 9.17) is 4.98 Å². The predicted molar refractivity (Wildman–Crippen MR) is 77.9 cm³/mol. The number of aromatic nitrogens is 1. The van der Waals surface area contributed by atoms with Gasteiger partial charge in [-0.15, -0.1) is 11.3 Å². The fourth-order valence-corrected chi connectivity index (χ4v) is 4.26. The van der Waals surface area contributed by atoms with Gasteiger partial charge >= 0.3 is 0 Å². The van der Waals surface area contributed by atoms with E-state index in [1.165, 1.54) is 22.5 Å². The first kappa shape index (κ1) is 11.7. The molecule has 2 aromatic rings. The smallest absolute Gasteiger partial charge is 0.0949 e. The van der Waals surface area contributed by atoms with Crippen LogP contribution < -0.4 is 0 Å². The number of hydrogen-bond donors (Lipinski definition) is 0. The molecule has 3 heteroatoms. The summed E-state index contributed by atoms with van der Waals surface area (Å²) in [7, 11) is 0. The maximum absolute atomic E-state index is 4.70. The molecule has 1 aliphatic rings. The zero-order valence-electron chi connectivity index (χ0n) is 9.90. The van der Waals surface area contributed by atoms with Crippen molar-refractivity contribution in [1.82, 2.24) is 4.98 Å². The van der Waals surface area contributed by atoms with Crippen LogP contribution >= 0.6 is 27.3 Å². The van der Waals surface area contributed by atoms with E-state index in [2.05, 4.69) is 47.1 Å². The highest BCUT2D eigenvalue weighted by Crippen LogP contribution is 2.41. The summed E-state index contributed by atoms with van der Waals surface area (Å²) in [5, 5.41) is 1.26. The average Bonchev–Trinajstić information content (AvgIpc) is 3.08. The van der Waals surface area contributed by atoms with E-state index >= 15 is 0 Å². The van der Waals surface area contributed by atoms with Gasteiger partial charge in [0.05, 0.1) is 15.2 Å². The van der Waals surface area contributed by atoms with Crippen molar-refractivity contribution in [2.75, 3.05) is 0 Å². The van der Waals surface area contributed by atoms with Gasteiger partial charge in [-0.3, -0.25) is 0 Å². The minimum Gasteiger partial charge on any atom is -0.241 e. The molecule has 1 aromatic heterocycles. The van der Waals surface area contributed by atoms with Gasteiger partial charge in [0, 0.05) is 11.2 Å². The highest BCUT2D eigenvalue weighted by Gasteiger charge is 2.32. The summed E-state index contributed by atoms with van der Waals surface area (Å²) in [5.74, 6) is 1.73. The Morgan fingerprint density at radius 3 is 2.88 bits per heavy atom. The van der Waals surface area contributed by atoms with E-state index in [1.807, 2.05) is 11.3 Å². The van der Waals surface area contributed by atoms with E-state index in [9.17, 15) is 0 Å². The number of halogens is 1. The van der Waals surface area contributed by atoms with Gasteiger partial charge in [-0.2, -0.15) is 0 Å². The molecule has 17 heavy (non-hydrogen) atoms. The van der Waals surface area contributed by atoms with Crippen molar-refractivity contribution in [3.63, 3.8) is 0 Å². The minimum absolute atomic E-state index is 0.579. The van der Waals surface area contributed by atoms with Crippen molar-refractivity contribution in [1.29, 1.82) is 0 Å². The number of nitrogens with zero attached hydrogens (tertiary/aromatic N) is 1. The lowest BCUT2D eigenvalue weighted by molar-refractivity contribution is 0.489. The lowest BCUT2D eigenvalue weighted by atomic mass is 10.0. The molecular formula is C14H16BrNS. The largest absolute Gasteiger partial charge is 0.241 e. The Hall–Kier alpha value is -0.410. The molecule has 0 amide bonds. The monoisotopic (exact) mass is 309 g/mol. The second-order valence-corrected chi connectivity index (χ2v) is 7.28. The van der Waals surface area contributed by atoms with Crippen LogP contribution in [0.15, 0.2) is 24.3 Å². The molecular weight excluding hydrogens is 294 g/mol. The highest BCUT2D eigenvalue weighted by molar-refractivity contribution is 9.09. The molecule has 1 nitrogen and oxygen atoms in total. The molecule has 2 atom stereocenters. The maximum Gasteiger partial charge on any atom is 0.0949 e. The Balaban J connectivity index is 1.75. The lowest BCUT2D eigenvalue weighted by Crippen LogP contribution is -2.15. The van der Waals surface area contributed by atoms with E-state index in [0.717, 1.165) is 23.8 Å². The van der Waals surface area contributed by atoms with E-state index in [0.29, 0.717) is 4.83 Å². The molecule has 1 aromatic carbocycles. The number of alkyl halides is 1. The van der Waals surface area contributed by atoms with E-state index < -0.39 is 0 Å². The topological polar surface area (TPSA) is 12.9 Å². The summed E-state index contributed by atoms with van der Waals surface area (Å²) in [6, 6.07) is 8.40. The van der Waals surface area contributed by atoms with Gasteiger partial charge in [0.15, 0.2) is 0 Å². The second-order valence-electron chi connectivity index (χ2n) is 4.99. The summed E-state index contributed by atoms with van der Waals surface area (Å²) in [4.78, 5) is 5.28. The van der Waals surface area contributed by atoms with Gasteiger partial charge in [-0.25, -0.2) is 4.98 Å². The van der Waals surface area contributed by atoms with E-state index in [-0.39, 0.29) is 0 Å². The van der Waals surface area contributed by atoms with Crippen molar-refractivity contribution in [3.8, 4) is 0 Å². The Kier molecular flexibility index (Phi) is 3.22. The summed E-state index contributed by atoms with van der Waals surface area (Å²) >= 11 is 5.68. The fourth-order valence-electron chi connectivity index (χ4n) is 2.28. The zero-order chi connectivity index (χ0) is 11.8. The third-order valence-corrected chi connectivity index (χ3v) is 5.86. The molecule has 2 unspecified atom stereocenters. The van der Waals surface area contributed by atoms with Crippen molar-refractivity contribution >= 4 is 37.5 Å². The molecule has 0 spiro atoms. The number of rotatable bonds is 4. The van der Waals surface area contributed by atoms with Crippen molar-refractivity contribution in [3.05, 3.63) is 29.3 Å². The van der Waals surface area contributed by atoms with Crippen LogP contribution in [0.5, 0.6) is 0 Å². The molecule has 0 saturated heterocycles. The Morgan fingerprint density at radius 2 is 2.18 bits per heavy atom. The Morgan fingerprint density at radius 1 is 1.41 bits per heavy atom. The molecule has 90 valence electrons. The number of hydrogen-bond acceptors (Lipinski definition) is 2. The van der Waals surface area contributed by atoms with Crippen molar-refractivity contribution < 1.29 is 0 Å². The summed E-state index contributed by atoms with van der Waals surface area (Å²) < 4.78 is 1.31. The standard InChI is InChI=1S/C14H16BrNS/c1-9(10-6-7-10)11(15)8-14-16-12-4-2-3-5-13(12)17-14/h2-5,9-11H,6-8H2,1H3. The van der Waals surface area contributed by atoms with Gasteiger partial charge in [0.1, 0.15) is 0 Å². The normalized spacial score (nSPS) is 19.4. The predicted octanol–water partition coefficient (Wildman–Crippen LogP) is 4.65. The fraction of sp³-hybridized carbons (Fsp3) is 0.500. The van der Waals surface area contributed by atoms with Gasteiger partial charge in [-0.1, -0.05) is 35.0 Å². The van der Waals surface area contributed by atoms with Crippen LogP contribution in [0, 0.1) is 11.8 Å². The molecule has 0 bridgehead atoms. The van der Waals surface area contributed by atoms with Crippen molar-refractivity contribution in [2.45, 2.75) is 31.0 Å². The molecule has 0 N–H and O–H groups in total. The number of thiazole rings is 1. The number of para-hydroxylation sites is 1. The van der Waals surface area contributed by atoms with Crippen LogP contribution in [-0.4, -0.2) is 9.81 Å². The third-order valence-electron chi connectivity index (χ3n) is 3.64. The van der Waals surface area contributed by atoms with Crippen LogP contribution in [0.4, 0.5) is 0 Å². The molecule has 1 heterocycles. The van der Waals surface area contributed by atoms with Crippen LogP contribution in [0.25, 0.3) is 10.2 Å². The third kappa shape index (κ3) is 2.55. The molecule has 0 radical (unpaired) electrons. The summed E-state index contributed by atoms with van der Waals surface area (Å²) in [6.45, 7) is 2.37. The maximum atomic E-state index is 4.70. The van der Waals surface area contributed by atoms with Crippen LogP contribution in [0.3, 0.4) is 0 Å². The number of fused-ring (bicyclic) bond motifs is 1. The molecule has 1 fully saturated rings. The first-order valence-corrected chi connectivity index (χ1v) is 7.96.